The SMILES string of the molecule is CN1C(=O)C=C[C@@]2(C)C1CC[C@@H]1[C@H]2CC[C@]2(C)C(CNC(=O)COC(=O)c3ccccc3)CC[C@@H]12. The number of likely N-dealkylation sites (N-methyl/N-ethyl adjacent to an activating group) is 1. The van der Waals surface area contributed by atoms with Gasteiger partial charge >= 0.3 is 5.97 Å². The molecule has 188 valence electrons. The van der Waals surface area contributed by atoms with Gasteiger partial charge in [0.15, 0.2) is 6.61 Å². The second-order valence-corrected chi connectivity index (χ2v) is 11.7. The number of carbonyl (C=O) groups is 3. The molecule has 1 aliphatic heterocycles. The molecule has 0 spiro atoms. The van der Waals surface area contributed by atoms with Crippen molar-refractivity contribution < 1.29 is 19.1 Å². The Kier molecular flexibility index (Phi) is 6.27. The molecule has 0 saturated heterocycles. The lowest BCUT2D eigenvalue weighted by molar-refractivity contribution is -0.139. The monoisotopic (exact) mass is 478 g/mol. The van der Waals surface area contributed by atoms with Gasteiger partial charge in [-0.1, -0.05) is 38.1 Å². The number of hydrogen-bond acceptors (Lipinski definition) is 4. The first-order valence-corrected chi connectivity index (χ1v) is 13.2. The van der Waals surface area contributed by atoms with E-state index in [1.165, 1.54) is 19.3 Å². The van der Waals surface area contributed by atoms with E-state index < -0.39 is 5.97 Å². The first-order chi connectivity index (χ1) is 16.7. The molecule has 35 heavy (non-hydrogen) atoms. The van der Waals surface area contributed by atoms with Crippen LogP contribution >= 0.6 is 0 Å². The Hall–Kier alpha value is -2.63. The third kappa shape index (κ3) is 4.09. The van der Waals surface area contributed by atoms with E-state index in [1.807, 2.05) is 18.0 Å². The summed E-state index contributed by atoms with van der Waals surface area (Å²) < 4.78 is 5.20. The van der Waals surface area contributed by atoms with Gasteiger partial charge in [0.25, 0.3) is 5.91 Å². The largest absolute Gasteiger partial charge is 0.452 e. The third-order valence-electron chi connectivity index (χ3n) is 10.2. The van der Waals surface area contributed by atoms with E-state index in [1.54, 1.807) is 30.3 Å². The summed E-state index contributed by atoms with van der Waals surface area (Å²) in [5.41, 5.74) is 0.732. The van der Waals surface area contributed by atoms with Crippen molar-refractivity contribution in [2.75, 3.05) is 20.2 Å². The van der Waals surface area contributed by atoms with Gasteiger partial charge in [-0.25, -0.2) is 4.79 Å². The predicted molar refractivity (Wildman–Crippen MR) is 133 cm³/mol. The van der Waals surface area contributed by atoms with Crippen molar-refractivity contribution in [3.05, 3.63) is 48.0 Å². The Bertz CT molecular complexity index is 1020. The molecule has 0 aromatic heterocycles. The summed E-state index contributed by atoms with van der Waals surface area (Å²) in [5.74, 6) is 1.82. The molecule has 0 radical (unpaired) electrons. The molecule has 1 aromatic rings. The van der Waals surface area contributed by atoms with Gasteiger partial charge < -0.3 is 15.0 Å². The van der Waals surface area contributed by atoms with Crippen LogP contribution in [0.4, 0.5) is 0 Å². The van der Waals surface area contributed by atoms with Crippen LogP contribution in [0.25, 0.3) is 0 Å². The van der Waals surface area contributed by atoms with Crippen LogP contribution in [0.2, 0.25) is 0 Å². The van der Waals surface area contributed by atoms with Crippen molar-refractivity contribution >= 4 is 17.8 Å². The molecule has 4 aliphatic rings. The number of ether oxygens (including phenoxy) is 1. The normalized spacial score (nSPS) is 37.7. The lowest BCUT2D eigenvalue weighted by Crippen LogP contribution is -2.59. The topological polar surface area (TPSA) is 75.7 Å². The van der Waals surface area contributed by atoms with E-state index in [2.05, 4.69) is 25.2 Å². The van der Waals surface area contributed by atoms with Crippen LogP contribution in [0.15, 0.2) is 42.5 Å². The van der Waals surface area contributed by atoms with E-state index in [4.69, 9.17) is 4.74 Å². The van der Waals surface area contributed by atoms with E-state index >= 15 is 0 Å². The lowest BCUT2D eigenvalue weighted by atomic mass is 9.47. The molecular weight excluding hydrogens is 440 g/mol. The zero-order chi connectivity index (χ0) is 24.8. The number of fused-ring (bicyclic) bond motifs is 5. The second kappa shape index (κ2) is 9.11. The molecule has 6 nitrogen and oxygen atoms in total. The van der Waals surface area contributed by atoms with E-state index in [-0.39, 0.29) is 29.3 Å². The molecule has 7 atom stereocenters. The molecule has 0 bridgehead atoms. The van der Waals surface area contributed by atoms with Gasteiger partial charge in [-0.3, -0.25) is 9.59 Å². The molecule has 3 saturated carbocycles. The van der Waals surface area contributed by atoms with Gasteiger partial charge in [0.2, 0.25) is 5.91 Å². The van der Waals surface area contributed by atoms with Crippen LogP contribution in [0.3, 0.4) is 0 Å². The summed E-state index contributed by atoms with van der Waals surface area (Å²) in [7, 11) is 1.97. The van der Waals surface area contributed by atoms with Crippen molar-refractivity contribution in [1.82, 2.24) is 10.2 Å². The number of hydrogen-bond donors (Lipinski definition) is 1. The fraction of sp³-hybridized carbons (Fsp3) is 0.621. The van der Waals surface area contributed by atoms with Crippen LogP contribution in [0.5, 0.6) is 0 Å². The van der Waals surface area contributed by atoms with Gasteiger partial charge in [-0.15, -0.1) is 0 Å². The molecule has 2 amide bonds. The molecule has 1 heterocycles. The van der Waals surface area contributed by atoms with Crippen molar-refractivity contribution in [3.8, 4) is 0 Å². The van der Waals surface area contributed by atoms with Gasteiger partial charge in [0.1, 0.15) is 0 Å². The van der Waals surface area contributed by atoms with E-state index in [0.717, 1.165) is 19.3 Å². The Morgan fingerprint density at radius 1 is 1.06 bits per heavy atom. The number of nitrogens with one attached hydrogen (secondary N) is 1. The number of rotatable bonds is 5. The Morgan fingerprint density at radius 3 is 2.60 bits per heavy atom. The van der Waals surface area contributed by atoms with Gasteiger partial charge in [-0.2, -0.15) is 0 Å². The van der Waals surface area contributed by atoms with Crippen LogP contribution in [0, 0.1) is 34.5 Å². The maximum absolute atomic E-state index is 12.5. The minimum Gasteiger partial charge on any atom is -0.452 e. The quantitative estimate of drug-likeness (QED) is 0.643. The first kappa shape index (κ1) is 24.1. The summed E-state index contributed by atoms with van der Waals surface area (Å²) in [4.78, 5) is 38.8. The van der Waals surface area contributed by atoms with Crippen molar-refractivity contribution in [2.24, 2.45) is 34.5 Å². The Labute approximate surface area is 208 Å². The zero-order valence-corrected chi connectivity index (χ0v) is 21.2. The highest BCUT2D eigenvalue weighted by atomic mass is 16.5. The predicted octanol–water partition coefficient (Wildman–Crippen LogP) is 4.22. The van der Waals surface area contributed by atoms with Crippen LogP contribution in [-0.2, 0) is 14.3 Å². The van der Waals surface area contributed by atoms with Crippen molar-refractivity contribution in [2.45, 2.75) is 58.4 Å². The van der Waals surface area contributed by atoms with Gasteiger partial charge in [-0.05, 0) is 85.8 Å². The maximum Gasteiger partial charge on any atom is 0.338 e. The second-order valence-electron chi connectivity index (χ2n) is 11.7. The number of nitrogens with zero attached hydrogens (tertiary/aromatic N) is 1. The number of amides is 2. The molecule has 6 heteroatoms. The summed E-state index contributed by atoms with van der Waals surface area (Å²) in [6.07, 6.45) is 11.0. The Balaban J connectivity index is 1.19. The lowest BCUT2D eigenvalue weighted by Gasteiger charge is -2.60. The summed E-state index contributed by atoms with van der Waals surface area (Å²) in [5, 5.41) is 3.05. The smallest absolute Gasteiger partial charge is 0.338 e. The molecular formula is C29H38N2O4. The average Bonchev–Trinajstić information content (AvgIpc) is 3.20. The van der Waals surface area contributed by atoms with E-state index in [0.29, 0.717) is 41.8 Å². The standard InChI is InChI=1S/C29H38N2O4/c1-28-15-13-23-21(10-12-24-29(23,2)16-14-26(33)31(24)3)22(28)11-9-20(28)17-30-25(32)18-35-27(34)19-7-5-4-6-8-19/h4-8,14,16,20-24H,9-13,15,17-18H2,1-3H3,(H,30,32)/t20?,21-,22-,23+,24?,28+,29+/m0/s1. The fourth-order valence-corrected chi connectivity index (χ4v) is 8.26. The molecule has 3 aliphatic carbocycles. The molecule has 1 N–H and O–H groups in total. The fourth-order valence-electron chi connectivity index (χ4n) is 8.26. The van der Waals surface area contributed by atoms with Crippen LogP contribution < -0.4 is 5.32 Å². The van der Waals surface area contributed by atoms with Gasteiger partial charge in [0.05, 0.1) is 5.56 Å². The van der Waals surface area contributed by atoms with Gasteiger partial charge in [0, 0.05) is 25.0 Å². The highest BCUT2D eigenvalue weighted by Gasteiger charge is 2.60. The third-order valence-corrected chi connectivity index (χ3v) is 10.2. The number of esters is 1. The minimum atomic E-state index is -0.472. The molecule has 2 unspecified atom stereocenters. The molecule has 1 aromatic carbocycles. The van der Waals surface area contributed by atoms with Crippen LogP contribution in [-0.4, -0.2) is 48.9 Å². The molecule has 5 rings (SSSR count). The highest BCUT2D eigenvalue weighted by molar-refractivity contribution is 5.91. The van der Waals surface area contributed by atoms with E-state index in [9.17, 15) is 14.4 Å². The highest BCUT2D eigenvalue weighted by Crippen LogP contribution is 2.65. The molecule has 3 fully saturated rings. The first-order valence-electron chi connectivity index (χ1n) is 13.2. The zero-order valence-electron chi connectivity index (χ0n) is 21.2. The number of carbonyl (C=O) groups excluding carboxylic acids is 3. The van der Waals surface area contributed by atoms with Crippen LogP contribution in [0.1, 0.15) is 62.7 Å². The average molecular weight is 479 g/mol. The van der Waals surface area contributed by atoms with Crippen molar-refractivity contribution in [1.29, 1.82) is 0 Å². The maximum atomic E-state index is 12.5. The number of benzene rings is 1. The Morgan fingerprint density at radius 2 is 1.83 bits per heavy atom. The van der Waals surface area contributed by atoms with Crippen molar-refractivity contribution in [3.63, 3.8) is 0 Å². The summed E-state index contributed by atoms with van der Waals surface area (Å²) in [6, 6.07) is 9.06. The summed E-state index contributed by atoms with van der Waals surface area (Å²) >= 11 is 0. The summed E-state index contributed by atoms with van der Waals surface area (Å²) in [6.45, 7) is 5.21. The minimum absolute atomic E-state index is 0.0574.